The number of hydrogen-bond donors (Lipinski definition) is 1. The van der Waals surface area contributed by atoms with Crippen molar-refractivity contribution in [3.8, 4) is 5.75 Å². The second-order valence-electron chi connectivity index (χ2n) is 3.22. The Morgan fingerprint density at radius 1 is 1.12 bits per heavy atom. The van der Waals surface area contributed by atoms with Crippen LogP contribution in [0.2, 0.25) is 10.2 Å². The van der Waals surface area contributed by atoms with Crippen LogP contribution in [0.4, 0.5) is 11.5 Å². The van der Waals surface area contributed by atoms with Crippen molar-refractivity contribution >= 4 is 34.7 Å². The van der Waals surface area contributed by atoms with E-state index < -0.39 is 0 Å². The molecule has 0 radical (unpaired) electrons. The van der Waals surface area contributed by atoms with Crippen LogP contribution < -0.4 is 10.1 Å². The lowest BCUT2D eigenvalue weighted by Crippen LogP contribution is -1.95. The second kappa shape index (κ2) is 5.21. The molecule has 0 fully saturated rings. The minimum absolute atomic E-state index is 0.350. The lowest BCUT2D eigenvalue weighted by Gasteiger charge is -2.07. The van der Waals surface area contributed by atoms with Crippen molar-refractivity contribution in [1.82, 2.24) is 10.2 Å². The van der Waals surface area contributed by atoms with Gasteiger partial charge in [0.1, 0.15) is 5.75 Å². The number of hydrogen-bond acceptors (Lipinski definition) is 4. The molecule has 0 atom stereocenters. The molecule has 0 aliphatic carbocycles. The monoisotopic (exact) mass is 269 g/mol. The van der Waals surface area contributed by atoms with E-state index in [0.29, 0.717) is 21.7 Å². The molecular formula is C11H9Cl2N3O. The van der Waals surface area contributed by atoms with Gasteiger partial charge >= 0.3 is 0 Å². The molecule has 0 unspecified atom stereocenters. The van der Waals surface area contributed by atoms with E-state index in [9.17, 15) is 0 Å². The summed E-state index contributed by atoms with van der Waals surface area (Å²) >= 11 is 11.6. The number of benzene rings is 1. The van der Waals surface area contributed by atoms with Gasteiger partial charge in [0.25, 0.3) is 0 Å². The molecule has 4 nitrogen and oxygen atoms in total. The molecule has 1 aromatic carbocycles. The molecule has 0 spiro atoms. The maximum atomic E-state index is 6.00. The summed E-state index contributed by atoms with van der Waals surface area (Å²) in [6, 6.07) is 8.74. The summed E-state index contributed by atoms with van der Waals surface area (Å²) in [5, 5.41) is 11.5. The third kappa shape index (κ3) is 2.99. The zero-order valence-electron chi connectivity index (χ0n) is 8.95. The van der Waals surface area contributed by atoms with E-state index in [2.05, 4.69) is 15.5 Å². The van der Waals surface area contributed by atoms with Crippen LogP contribution in [0.25, 0.3) is 0 Å². The van der Waals surface area contributed by atoms with Gasteiger partial charge in [0, 0.05) is 5.69 Å². The Morgan fingerprint density at radius 3 is 2.53 bits per heavy atom. The third-order valence-corrected chi connectivity index (χ3v) is 2.55. The minimum atomic E-state index is 0.350. The topological polar surface area (TPSA) is 47.0 Å². The predicted molar refractivity (Wildman–Crippen MR) is 68.3 cm³/mol. The molecule has 0 saturated carbocycles. The highest BCUT2D eigenvalue weighted by Gasteiger charge is 2.02. The standard InChI is InChI=1S/C11H9Cl2N3O/c1-17-9-3-2-7(6-8(9)12)14-11-5-4-10(13)15-16-11/h2-6H,1H3,(H,14,16). The van der Waals surface area contributed by atoms with Crippen LogP contribution in [-0.2, 0) is 0 Å². The number of anilines is 2. The molecule has 6 heteroatoms. The molecule has 2 aromatic rings. The third-order valence-electron chi connectivity index (χ3n) is 2.06. The fourth-order valence-electron chi connectivity index (χ4n) is 1.27. The normalized spacial score (nSPS) is 10.1. The first-order valence-corrected chi connectivity index (χ1v) is 5.54. The van der Waals surface area contributed by atoms with Crippen LogP contribution in [0.1, 0.15) is 0 Å². The van der Waals surface area contributed by atoms with E-state index >= 15 is 0 Å². The van der Waals surface area contributed by atoms with Crippen molar-refractivity contribution < 1.29 is 4.74 Å². The van der Waals surface area contributed by atoms with Gasteiger partial charge in [-0.3, -0.25) is 0 Å². The molecule has 0 amide bonds. The van der Waals surface area contributed by atoms with Gasteiger partial charge in [-0.2, -0.15) is 0 Å². The predicted octanol–water partition coefficient (Wildman–Crippen LogP) is 3.54. The van der Waals surface area contributed by atoms with Crippen LogP contribution in [0.3, 0.4) is 0 Å². The molecule has 1 aromatic heterocycles. The largest absolute Gasteiger partial charge is 0.495 e. The van der Waals surface area contributed by atoms with Crippen LogP contribution in [0.5, 0.6) is 5.75 Å². The average Bonchev–Trinajstić information content (AvgIpc) is 2.32. The minimum Gasteiger partial charge on any atom is -0.495 e. The van der Waals surface area contributed by atoms with Crippen LogP contribution >= 0.6 is 23.2 Å². The number of aromatic nitrogens is 2. The zero-order chi connectivity index (χ0) is 12.3. The first-order valence-electron chi connectivity index (χ1n) is 4.79. The van der Waals surface area contributed by atoms with Gasteiger partial charge in [-0.05, 0) is 30.3 Å². The maximum absolute atomic E-state index is 6.00. The van der Waals surface area contributed by atoms with Gasteiger partial charge in [-0.25, -0.2) is 0 Å². The van der Waals surface area contributed by atoms with Crippen molar-refractivity contribution in [2.75, 3.05) is 12.4 Å². The molecule has 0 bridgehead atoms. The quantitative estimate of drug-likeness (QED) is 0.926. The van der Waals surface area contributed by atoms with Crippen molar-refractivity contribution in [2.24, 2.45) is 0 Å². The molecule has 88 valence electrons. The molecule has 0 aliphatic heterocycles. The number of methoxy groups -OCH3 is 1. The Balaban J connectivity index is 2.19. The highest BCUT2D eigenvalue weighted by Crippen LogP contribution is 2.28. The number of nitrogens with zero attached hydrogens (tertiary/aromatic N) is 2. The highest BCUT2D eigenvalue weighted by molar-refractivity contribution is 6.32. The van der Waals surface area contributed by atoms with E-state index in [0.717, 1.165) is 5.69 Å². The Hall–Kier alpha value is -1.52. The number of ether oxygens (including phenoxy) is 1. The molecule has 1 N–H and O–H groups in total. The van der Waals surface area contributed by atoms with Gasteiger partial charge in [-0.15, -0.1) is 10.2 Å². The zero-order valence-corrected chi connectivity index (χ0v) is 10.5. The van der Waals surface area contributed by atoms with E-state index in [4.69, 9.17) is 27.9 Å². The number of nitrogens with one attached hydrogen (secondary N) is 1. The number of halogens is 2. The Kier molecular flexibility index (Phi) is 3.66. The fraction of sp³-hybridized carbons (Fsp3) is 0.0909. The van der Waals surface area contributed by atoms with Crippen molar-refractivity contribution in [1.29, 1.82) is 0 Å². The average molecular weight is 270 g/mol. The van der Waals surface area contributed by atoms with Gasteiger partial charge < -0.3 is 10.1 Å². The second-order valence-corrected chi connectivity index (χ2v) is 4.01. The van der Waals surface area contributed by atoms with E-state index in [1.807, 2.05) is 6.07 Å². The van der Waals surface area contributed by atoms with Crippen molar-refractivity contribution in [3.63, 3.8) is 0 Å². The summed E-state index contributed by atoms with van der Waals surface area (Å²) in [5.41, 5.74) is 0.799. The lowest BCUT2D eigenvalue weighted by molar-refractivity contribution is 0.415. The maximum Gasteiger partial charge on any atom is 0.153 e. The van der Waals surface area contributed by atoms with Crippen molar-refractivity contribution in [3.05, 3.63) is 40.5 Å². The highest BCUT2D eigenvalue weighted by atomic mass is 35.5. The van der Waals surface area contributed by atoms with Gasteiger partial charge in [-0.1, -0.05) is 23.2 Å². The molecule has 1 heterocycles. The smallest absolute Gasteiger partial charge is 0.153 e. The summed E-state index contributed by atoms with van der Waals surface area (Å²) in [4.78, 5) is 0. The Morgan fingerprint density at radius 2 is 1.94 bits per heavy atom. The number of rotatable bonds is 3. The Labute approximate surface area is 109 Å². The first-order chi connectivity index (χ1) is 8.19. The molecule has 0 aliphatic rings. The van der Waals surface area contributed by atoms with Gasteiger partial charge in [0.2, 0.25) is 0 Å². The fourth-order valence-corrected chi connectivity index (χ4v) is 1.63. The van der Waals surface area contributed by atoms with Crippen LogP contribution in [-0.4, -0.2) is 17.3 Å². The molecule has 2 rings (SSSR count). The van der Waals surface area contributed by atoms with Crippen LogP contribution in [0.15, 0.2) is 30.3 Å². The van der Waals surface area contributed by atoms with E-state index in [1.165, 1.54) is 0 Å². The lowest BCUT2D eigenvalue weighted by atomic mass is 10.3. The summed E-state index contributed by atoms with van der Waals surface area (Å²) < 4.78 is 5.06. The molecule has 0 saturated heterocycles. The van der Waals surface area contributed by atoms with Gasteiger partial charge in [0.15, 0.2) is 11.0 Å². The van der Waals surface area contributed by atoms with Gasteiger partial charge in [0.05, 0.1) is 12.1 Å². The van der Waals surface area contributed by atoms with Crippen molar-refractivity contribution in [2.45, 2.75) is 0 Å². The molecular weight excluding hydrogens is 261 g/mol. The van der Waals surface area contributed by atoms with Crippen LogP contribution in [0, 0.1) is 0 Å². The Bertz CT molecular complexity index is 517. The van der Waals surface area contributed by atoms with E-state index in [-0.39, 0.29) is 0 Å². The summed E-state index contributed by atoms with van der Waals surface area (Å²) in [5.74, 6) is 1.22. The first kappa shape index (κ1) is 12.0. The summed E-state index contributed by atoms with van der Waals surface area (Å²) in [6.45, 7) is 0. The SMILES string of the molecule is COc1ccc(Nc2ccc(Cl)nn2)cc1Cl. The summed E-state index contributed by atoms with van der Waals surface area (Å²) in [6.07, 6.45) is 0. The molecule has 17 heavy (non-hydrogen) atoms. The van der Waals surface area contributed by atoms with E-state index in [1.54, 1.807) is 31.4 Å². The summed E-state index contributed by atoms with van der Waals surface area (Å²) in [7, 11) is 1.57.